The Morgan fingerprint density at radius 3 is 2.26 bits per heavy atom. The highest BCUT2D eigenvalue weighted by molar-refractivity contribution is 5.85. The van der Waals surface area contributed by atoms with Crippen molar-refractivity contribution >= 4 is 18.3 Å². The summed E-state index contributed by atoms with van der Waals surface area (Å²) in [5.74, 6) is -1.24. The molecule has 1 amide bonds. The summed E-state index contributed by atoms with van der Waals surface area (Å²) >= 11 is 0. The summed E-state index contributed by atoms with van der Waals surface area (Å²) in [5.41, 5.74) is 0. The van der Waals surface area contributed by atoms with E-state index < -0.39 is 12.1 Å². The Morgan fingerprint density at radius 1 is 1.16 bits per heavy atom. The van der Waals surface area contributed by atoms with E-state index in [1.54, 1.807) is 4.90 Å². The lowest BCUT2D eigenvalue weighted by Gasteiger charge is -2.35. The van der Waals surface area contributed by atoms with Gasteiger partial charge in [-0.3, -0.25) is 4.79 Å². The van der Waals surface area contributed by atoms with Crippen LogP contribution >= 0.6 is 12.4 Å². The molecule has 0 spiro atoms. The van der Waals surface area contributed by atoms with Crippen LogP contribution in [0.5, 0.6) is 0 Å². The second kappa shape index (κ2) is 6.79. The summed E-state index contributed by atoms with van der Waals surface area (Å²) in [6.07, 6.45) is -2.19. The minimum absolute atomic E-state index is 0. The SMILES string of the molecule is Cl.O=C([C@@H]1CCCNC1)N1CCC(C(F)(F)F)CC1. The normalized spacial score (nSPS) is 25.8. The maximum Gasteiger partial charge on any atom is 0.391 e. The molecule has 1 N–H and O–H groups in total. The fourth-order valence-corrected chi connectivity index (χ4v) is 2.75. The van der Waals surface area contributed by atoms with Crippen LogP contribution in [0.1, 0.15) is 25.7 Å². The quantitative estimate of drug-likeness (QED) is 0.805. The van der Waals surface area contributed by atoms with Gasteiger partial charge in [-0.25, -0.2) is 0 Å². The molecular formula is C12H20ClF3N2O. The average molecular weight is 301 g/mol. The van der Waals surface area contributed by atoms with Crippen molar-refractivity contribution in [2.24, 2.45) is 11.8 Å². The van der Waals surface area contributed by atoms with Crippen LogP contribution in [-0.2, 0) is 4.79 Å². The lowest BCUT2D eigenvalue weighted by molar-refractivity contribution is -0.187. The van der Waals surface area contributed by atoms with Crippen LogP contribution < -0.4 is 5.32 Å². The maximum atomic E-state index is 12.5. The van der Waals surface area contributed by atoms with Gasteiger partial charge in [-0.15, -0.1) is 12.4 Å². The van der Waals surface area contributed by atoms with Gasteiger partial charge in [0.2, 0.25) is 5.91 Å². The van der Waals surface area contributed by atoms with Gasteiger partial charge in [-0.1, -0.05) is 0 Å². The van der Waals surface area contributed by atoms with E-state index in [1.165, 1.54) is 0 Å². The first-order valence-electron chi connectivity index (χ1n) is 6.54. The smallest absolute Gasteiger partial charge is 0.342 e. The highest BCUT2D eigenvalue weighted by atomic mass is 35.5. The van der Waals surface area contributed by atoms with Crippen LogP contribution in [0.2, 0.25) is 0 Å². The Hall–Kier alpha value is -0.490. The van der Waals surface area contributed by atoms with Gasteiger partial charge in [0.05, 0.1) is 11.8 Å². The molecule has 0 aromatic carbocycles. The van der Waals surface area contributed by atoms with Crippen LogP contribution in [0.3, 0.4) is 0 Å². The topological polar surface area (TPSA) is 32.3 Å². The Kier molecular flexibility index (Phi) is 5.92. The lowest BCUT2D eigenvalue weighted by atomic mass is 9.93. The summed E-state index contributed by atoms with van der Waals surface area (Å²) in [7, 11) is 0. The third-order valence-electron chi connectivity index (χ3n) is 3.92. The molecule has 0 unspecified atom stereocenters. The van der Waals surface area contributed by atoms with E-state index in [0.29, 0.717) is 6.54 Å². The van der Waals surface area contributed by atoms with Crippen molar-refractivity contribution in [3.63, 3.8) is 0 Å². The summed E-state index contributed by atoms with van der Waals surface area (Å²) in [4.78, 5) is 13.7. The van der Waals surface area contributed by atoms with E-state index in [-0.39, 0.29) is 50.2 Å². The molecule has 2 fully saturated rings. The molecule has 112 valence electrons. The first kappa shape index (κ1) is 16.6. The third kappa shape index (κ3) is 4.24. The minimum Gasteiger partial charge on any atom is -0.342 e. The molecule has 2 aliphatic rings. The summed E-state index contributed by atoms with van der Waals surface area (Å²) in [5, 5.41) is 3.16. The maximum absolute atomic E-state index is 12.5. The van der Waals surface area contributed by atoms with E-state index >= 15 is 0 Å². The minimum atomic E-state index is -4.11. The molecule has 0 bridgehead atoms. The zero-order chi connectivity index (χ0) is 13.2. The van der Waals surface area contributed by atoms with Gasteiger partial charge < -0.3 is 10.2 Å². The van der Waals surface area contributed by atoms with Gasteiger partial charge in [-0.2, -0.15) is 13.2 Å². The monoisotopic (exact) mass is 300 g/mol. The van der Waals surface area contributed by atoms with Gasteiger partial charge in [0.15, 0.2) is 0 Å². The number of nitrogens with zero attached hydrogens (tertiary/aromatic N) is 1. The standard InChI is InChI=1S/C12H19F3N2O.ClH/c13-12(14,15)10-3-6-17(7-4-10)11(18)9-2-1-5-16-8-9;/h9-10,16H,1-8H2;1H/t9-;/m1./s1. The number of amides is 1. The van der Waals surface area contributed by atoms with Crippen LogP contribution in [0, 0.1) is 11.8 Å². The summed E-state index contributed by atoms with van der Waals surface area (Å²) in [6.45, 7) is 2.09. The van der Waals surface area contributed by atoms with Crippen LogP contribution in [0.15, 0.2) is 0 Å². The molecule has 19 heavy (non-hydrogen) atoms. The highest BCUT2D eigenvalue weighted by Crippen LogP contribution is 2.34. The van der Waals surface area contributed by atoms with Crippen LogP contribution in [0.4, 0.5) is 13.2 Å². The molecule has 2 rings (SSSR count). The number of carbonyl (C=O) groups excluding carboxylic acids is 1. The molecule has 0 aromatic heterocycles. The second-order valence-electron chi connectivity index (χ2n) is 5.18. The fourth-order valence-electron chi connectivity index (χ4n) is 2.75. The number of alkyl halides is 3. The molecule has 3 nitrogen and oxygen atoms in total. The molecule has 0 aromatic rings. The molecule has 0 saturated carbocycles. The molecule has 0 aliphatic carbocycles. The molecular weight excluding hydrogens is 281 g/mol. The molecule has 1 atom stereocenters. The Morgan fingerprint density at radius 2 is 1.79 bits per heavy atom. The molecule has 0 radical (unpaired) electrons. The van der Waals surface area contributed by atoms with E-state index in [1.807, 2.05) is 0 Å². The second-order valence-corrected chi connectivity index (χ2v) is 5.18. The van der Waals surface area contributed by atoms with E-state index in [9.17, 15) is 18.0 Å². The predicted molar refractivity (Wildman–Crippen MR) is 68.2 cm³/mol. The molecule has 2 heterocycles. The third-order valence-corrected chi connectivity index (χ3v) is 3.92. The Bertz CT molecular complexity index is 298. The van der Waals surface area contributed by atoms with Crippen molar-refractivity contribution in [2.75, 3.05) is 26.2 Å². The first-order valence-corrected chi connectivity index (χ1v) is 6.54. The molecule has 2 saturated heterocycles. The van der Waals surface area contributed by atoms with Gasteiger partial charge in [0.25, 0.3) is 0 Å². The number of piperidine rings is 2. The van der Waals surface area contributed by atoms with Gasteiger partial charge in [-0.05, 0) is 32.2 Å². The number of nitrogens with one attached hydrogen (secondary N) is 1. The largest absolute Gasteiger partial charge is 0.391 e. The summed E-state index contributed by atoms with van der Waals surface area (Å²) < 4.78 is 37.5. The number of halogens is 4. The number of likely N-dealkylation sites (tertiary alicyclic amines) is 1. The highest BCUT2D eigenvalue weighted by Gasteiger charge is 2.42. The lowest BCUT2D eigenvalue weighted by Crippen LogP contribution is -2.47. The van der Waals surface area contributed by atoms with Gasteiger partial charge in [0.1, 0.15) is 0 Å². The van der Waals surface area contributed by atoms with E-state index in [4.69, 9.17) is 0 Å². The van der Waals surface area contributed by atoms with Crippen molar-refractivity contribution in [1.29, 1.82) is 0 Å². The zero-order valence-corrected chi connectivity index (χ0v) is 11.5. The first-order chi connectivity index (χ1) is 8.48. The zero-order valence-electron chi connectivity index (χ0n) is 10.7. The van der Waals surface area contributed by atoms with Gasteiger partial charge >= 0.3 is 6.18 Å². The molecule has 7 heteroatoms. The van der Waals surface area contributed by atoms with E-state index in [2.05, 4.69) is 5.32 Å². The van der Waals surface area contributed by atoms with Crippen LogP contribution in [-0.4, -0.2) is 43.2 Å². The number of carbonyl (C=O) groups is 1. The predicted octanol–water partition coefficient (Wildman–Crippen LogP) is 2.21. The van der Waals surface area contributed by atoms with Gasteiger partial charge in [0, 0.05) is 19.6 Å². The number of hydrogen-bond donors (Lipinski definition) is 1. The van der Waals surface area contributed by atoms with Crippen molar-refractivity contribution in [3.05, 3.63) is 0 Å². The summed E-state index contributed by atoms with van der Waals surface area (Å²) in [6, 6.07) is 0. The van der Waals surface area contributed by atoms with E-state index in [0.717, 1.165) is 19.4 Å². The fraction of sp³-hybridized carbons (Fsp3) is 0.917. The van der Waals surface area contributed by atoms with Crippen molar-refractivity contribution < 1.29 is 18.0 Å². The number of hydrogen-bond acceptors (Lipinski definition) is 2. The Labute approximate surface area is 117 Å². The number of rotatable bonds is 1. The van der Waals surface area contributed by atoms with Crippen LogP contribution in [0.25, 0.3) is 0 Å². The van der Waals surface area contributed by atoms with Crippen molar-refractivity contribution in [2.45, 2.75) is 31.9 Å². The van der Waals surface area contributed by atoms with Crippen molar-refractivity contribution in [3.8, 4) is 0 Å². The molecule has 2 aliphatic heterocycles. The Balaban J connectivity index is 0.00000180. The average Bonchev–Trinajstić information content (AvgIpc) is 2.38. The van der Waals surface area contributed by atoms with Crippen molar-refractivity contribution in [1.82, 2.24) is 10.2 Å².